The van der Waals surface area contributed by atoms with Crippen molar-refractivity contribution in [1.29, 1.82) is 0 Å². The first kappa shape index (κ1) is 23.2. The first-order chi connectivity index (χ1) is 15.0. The summed E-state index contributed by atoms with van der Waals surface area (Å²) in [4.78, 5) is 17.1. The molecular formula is C25H31ClN2O3. The summed E-state index contributed by atoms with van der Waals surface area (Å²) in [5.74, 6) is 1.09. The number of carbonyl (C=O) groups excluding carboxylic acids is 1. The summed E-state index contributed by atoms with van der Waals surface area (Å²) in [6.07, 6.45) is 4.34. The molecule has 0 bridgehead atoms. The van der Waals surface area contributed by atoms with E-state index in [2.05, 4.69) is 29.2 Å². The number of ether oxygens (including phenoxy) is 2. The summed E-state index contributed by atoms with van der Waals surface area (Å²) in [5.41, 5.74) is 2.10. The quantitative estimate of drug-likeness (QED) is 0.573. The fraction of sp³-hybridized carbons (Fsp3) is 0.400. The Morgan fingerprint density at radius 3 is 2.61 bits per heavy atom. The van der Waals surface area contributed by atoms with E-state index in [-0.39, 0.29) is 12.0 Å². The Labute approximate surface area is 190 Å². The van der Waals surface area contributed by atoms with Gasteiger partial charge in [-0.15, -0.1) is 0 Å². The standard InChI is InChI=1S/C25H31ClN2O3/c1-19(2)31-25-22(26)16-21(17-23(25)30-3)10-11-24(29)28-13-7-12-27(14-15-28)18-20-8-5-4-6-9-20/h4-6,8-11,16-17,19H,7,12-15,18H2,1-3H3/b11-10+. The summed E-state index contributed by atoms with van der Waals surface area (Å²) in [5, 5.41) is 0.464. The van der Waals surface area contributed by atoms with Gasteiger partial charge in [0.2, 0.25) is 5.91 Å². The van der Waals surface area contributed by atoms with Crippen molar-refractivity contribution in [3.8, 4) is 11.5 Å². The van der Waals surface area contributed by atoms with Gasteiger partial charge in [0.15, 0.2) is 11.5 Å². The Balaban J connectivity index is 1.61. The fourth-order valence-electron chi connectivity index (χ4n) is 3.65. The predicted octanol–water partition coefficient (Wildman–Crippen LogP) is 4.88. The van der Waals surface area contributed by atoms with Crippen LogP contribution in [0.2, 0.25) is 5.02 Å². The molecule has 0 aliphatic carbocycles. The van der Waals surface area contributed by atoms with Crippen molar-refractivity contribution in [1.82, 2.24) is 9.80 Å². The number of methoxy groups -OCH3 is 1. The molecule has 6 heteroatoms. The lowest BCUT2D eigenvalue weighted by atomic mass is 10.1. The highest BCUT2D eigenvalue weighted by Gasteiger charge is 2.18. The zero-order valence-corrected chi connectivity index (χ0v) is 19.3. The highest BCUT2D eigenvalue weighted by Crippen LogP contribution is 2.37. The second-order valence-electron chi connectivity index (χ2n) is 7.97. The zero-order chi connectivity index (χ0) is 22.2. The third kappa shape index (κ3) is 6.74. The van der Waals surface area contributed by atoms with Crippen molar-refractivity contribution in [3.05, 3.63) is 64.7 Å². The Bertz CT molecular complexity index is 899. The maximum Gasteiger partial charge on any atom is 0.246 e. The topological polar surface area (TPSA) is 42.0 Å². The highest BCUT2D eigenvalue weighted by atomic mass is 35.5. The number of halogens is 1. The molecule has 1 fully saturated rings. The van der Waals surface area contributed by atoms with Gasteiger partial charge in [-0.25, -0.2) is 0 Å². The third-order valence-corrected chi connectivity index (χ3v) is 5.45. The van der Waals surface area contributed by atoms with Crippen LogP contribution in [0.25, 0.3) is 6.08 Å². The molecule has 166 valence electrons. The number of hydrogen-bond acceptors (Lipinski definition) is 4. The molecule has 2 aromatic rings. The minimum Gasteiger partial charge on any atom is -0.493 e. The molecule has 0 N–H and O–H groups in total. The first-order valence-electron chi connectivity index (χ1n) is 10.7. The van der Waals surface area contributed by atoms with Crippen molar-refractivity contribution in [2.75, 3.05) is 33.3 Å². The molecule has 1 aliphatic heterocycles. The molecule has 3 rings (SSSR count). The van der Waals surface area contributed by atoms with E-state index in [9.17, 15) is 4.79 Å². The number of benzene rings is 2. The van der Waals surface area contributed by atoms with E-state index in [1.54, 1.807) is 25.3 Å². The number of amides is 1. The van der Waals surface area contributed by atoms with Crippen molar-refractivity contribution >= 4 is 23.6 Å². The molecule has 31 heavy (non-hydrogen) atoms. The van der Waals surface area contributed by atoms with Crippen LogP contribution in [-0.2, 0) is 11.3 Å². The lowest BCUT2D eigenvalue weighted by Gasteiger charge is -2.21. The summed E-state index contributed by atoms with van der Waals surface area (Å²) in [6, 6.07) is 14.1. The molecule has 1 amide bonds. The fourth-order valence-corrected chi connectivity index (χ4v) is 3.91. The lowest BCUT2D eigenvalue weighted by molar-refractivity contribution is -0.125. The normalized spacial score (nSPS) is 15.3. The Morgan fingerprint density at radius 1 is 1.13 bits per heavy atom. The number of rotatable bonds is 7. The van der Waals surface area contributed by atoms with E-state index in [0.717, 1.165) is 44.7 Å². The molecule has 5 nitrogen and oxygen atoms in total. The van der Waals surface area contributed by atoms with Crippen molar-refractivity contribution < 1.29 is 14.3 Å². The average Bonchev–Trinajstić information content (AvgIpc) is 2.99. The minimum absolute atomic E-state index is 0.0131. The van der Waals surface area contributed by atoms with Crippen LogP contribution < -0.4 is 9.47 Å². The maximum atomic E-state index is 12.8. The van der Waals surface area contributed by atoms with E-state index in [1.165, 1.54) is 5.56 Å². The molecule has 0 aromatic heterocycles. The van der Waals surface area contributed by atoms with Crippen LogP contribution in [-0.4, -0.2) is 55.1 Å². The van der Waals surface area contributed by atoms with E-state index in [4.69, 9.17) is 21.1 Å². The van der Waals surface area contributed by atoms with Gasteiger partial charge in [0, 0.05) is 38.8 Å². The van der Waals surface area contributed by atoms with E-state index in [1.807, 2.05) is 30.9 Å². The molecule has 0 spiro atoms. The molecule has 1 saturated heterocycles. The second kappa shape index (κ2) is 11.2. The second-order valence-corrected chi connectivity index (χ2v) is 8.38. The molecule has 0 radical (unpaired) electrons. The Hall–Kier alpha value is -2.50. The maximum absolute atomic E-state index is 12.8. The van der Waals surface area contributed by atoms with E-state index in [0.29, 0.717) is 16.5 Å². The molecule has 1 aliphatic rings. The average molecular weight is 443 g/mol. The smallest absolute Gasteiger partial charge is 0.246 e. The van der Waals surface area contributed by atoms with Crippen LogP contribution in [0, 0.1) is 0 Å². The Kier molecular flexibility index (Phi) is 8.38. The van der Waals surface area contributed by atoms with Crippen LogP contribution >= 0.6 is 11.6 Å². The van der Waals surface area contributed by atoms with Gasteiger partial charge >= 0.3 is 0 Å². The zero-order valence-electron chi connectivity index (χ0n) is 18.5. The Morgan fingerprint density at radius 2 is 1.90 bits per heavy atom. The SMILES string of the molecule is COc1cc(/C=C/C(=O)N2CCCN(Cc3ccccc3)CC2)cc(Cl)c1OC(C)C. The molecule has 2 aromatic carbocycles. The predicted molar refractivity (Wildman–Crippen MR) is 126 cm³/mol. The molecule has 0 atom stereocenters. The summed E-state index contributed by atoms with van der Waals surface area (Å²) in [7, 11) is 1.58. The lowest BCUT2D eigenvalue weighted by Crippen LogP contribution is -2.34. The number of carbonyl (C=O) groups is 1. The van der Waals surface area contributed by atoms with Crippen molar-refractivity contribution in [2.24, 2.45) is 0 Å². The van der Waals surface area contributed by atoms with Gasteiger partial charge in [-0.3, -0.25) is 9.69 Å². The van der Waals surface area contributed by atoms with Crippen molar-refractivity contribution in [3.63, 3.8) is 0 Å². The molecule has 0 unspecified atom stereocenters. The molecule has 1 heterocycles. The largest absolute Gasteiger partial charge is 0.493 e. The van der Waals surface area contributed by atoms with E-state index < -0.39 is 0 Å². The van der Waals surface area contributed by atoms with Gasteiger partial charge in [-0.05, 0) is 49.6 Å². The summed E-state index contributed by atoms with van der Waals surface area (Å²) in [6.45, 7) is 8.14. The van der Waals surface area contributed by atoms with Gasteiger partial charge in [0.05, 0.1) is 18.2 Å². The van der Waals surface area contributed by atoms with Crippen molar-refractivity contribution in [2.45, 2.75) is 32.9 Å². The highest BCUT2D eigenvalue weighted by molar-refractivity contribution is 6.32. The van der Waals surface area contributed by atoms with Crippen LogP contribution in [0.3, 0.4) is 0 Å². The monoisotopic (exact) mass is 442 g/mol. The van der Waals surface area contributed by atoms with Gasteiger partial charge in [0.25, 0.3) is 0 Å². The minimum atomic E-state index is -0.0149. The summed E-state index contributed by atoms with van der Waals surface area (Å²) < 4.78 is 11.2. The van der Waals surface area contributed by atoms with Gasteiger partial charge < -0.3 is 14.4 Å². The van der Waals surface area contributed by atoms with Crippen LogP contribution in [0.4, 0.5) is 0 Å². The summed E-state index contributed by atoms with van der Waals surface area (Å²) >= 11 is 6.39. The first-order valence-corrected chi connectivity index (χ1v) is 11.1. The van der Waals surface area contributed by atoms with Gasteiger partial charge in [0.1, 0.15) is 0 Å². The van der Waals surface area contributed by atoms with Crippen LogP contribution in [0.1, 0.15) is 31.4 Å². The van der Waals surface area contributed by atoms with Gasteiger partial charge in [-0.2, -0.15) is 0 Å². The van der Waals surface area contributed by atoms with E-state index >= 15 is 0 Å². The number of nitrogens with zero attached hydrogens (tertiary/aromatic N) is 2. The van der Waals surface area contributed by atoms with Crippen LogP contribution in [0.15, 0.2) is 48.5 Å². The molecule has 0 saturated carbocycles. The number of hydrogen-bond donors (Lipinski definition) is 0. The molecular weight excluding hydrogens is 412 g/mol. The van der Waals surface area contributed by atoms with Crippen LogP contribution in [0.5, 0.6) is 11.5 Å². The third-order valence-electron chi connectivity index (χ3n) is 5.17. The van der Waals surface area contributed by atoms with Gasteiger partial charge in [-0.1, -0.05) is 41.9 Å².